The molecule has 1 aromatic heterocycles. The first kappa shape index (κ1) is 18.5. The Morgan fingerprint density at radius 3 is 2.30 bits per heavy atom. The van der Waals surface area contributed by atoms with E-state index in [0.29, 0.717) is 23.4 Å². The number of aromatic carboxylic acids is 1. The van der Waals surface area contributed by atoms with Crippen LogP contribution >= 0.6 is 0 Å². The van der Waals surface area contributed by atoms with Crippen molar-refractivity contribution < 1.29 is 14.7 Å². The van der Waals surface area contributed by atoms with E-state index in [9.17, 15) is 14.7 Å². The largest absolute Gasteiger partial charge is 0.478 e. The number of aromatic nitrogens is 1. The summed E-state index contributed by atoms with van der Waals surface area (Å²) in [6, 6.07) is 17.0. The van der Waals surface area contributed by atoms with Gasteiger partial charge >= 0.3 is 5.97 Å². The molecule has 0 spiro atoms. The monoisotopic (exact) mass is 362 g/mol. The van der Waals surface area contributed by atoms with Crippen molar-refractivity contribution in [3.05, 3.63) is 77.1 Å². The molecule has 0 radical (unpaired) electrons. The Morgan fingerprint density at radius 1 is 1.04 bits per heavy atom. The smallest absolute Gasteiger partial charge is 0.337 e. The van der Waals surface area contributed by atoms with Gasteiger partial charge in [-0.05, 0) is 50.6 Å². The van der Waals surface area contributed by atoms with E-state index in [0.717, 1.165) is 22.5 Å². The van der Waals surface area contributed by atoms with Gasteiger partial charge in [0.15, 0.2) is 0 Å². The number of hydrogen-bond donors (Lipinski definition) is 2. The molecule has 0 aliphatic carbocycles. The first-order chi connectivity index (χ1) is 12.9. The van der Waals surface area contributed by atoms with E-state index >= 15 is 0 Å². The van der Waals surface area contributed by atoms with E-state index in [2.05, 4.69) is 5.32 Å². The topological polar surface area (TPSA) is 71.3 Å². The lowest BCUT2D eigenvalue weighted by Crippen LogP contribution is -2.22. The van der Waals surface area contributed by atoms with Gasteiger partial charge in [0.1, 0.15) is 0 Å². The van der Waals surface area contributed by atoms with Crippen molar-refractivity contribution in [1.29, 1.82) is 0 Å². The van der Waals surface area contributed by atoms with Gasteiger partial charge in [0.05, 0.1) is 11.3 Å². The Hall–Kier alpha value is -3.34. The number of amides is 1. The van der Waals surface area contributed by atoms with Gasteiger partial charge in [0.25, 0.3) is 5.91 Å². The SMILES string of the molecule is CCNC(=O)c1ccc(-c2ccccc2-n2c(C)cc(C(=O)O)c2C)cc1. The number of nitrogens with zero attached hydrogens (tertiary/aromatic N) is 1. The normalized spacial score (nSPS) is 10.6. The molecule has 2 N–H and O–H groups in total. The van der Waals surface area contributed by atoms with Gasteiger partial charge in [-0.25, -0.2) is 4.79 Å². The summed E-state index contributed by atoms with van der Waals surface area (Å²) in [4.78, 5) is 23.4. The van der Waals surface area contributed by atoms with Gasteiger partial charge in [0, 0.05) is 29.1 Å². The molecule has 3 rings (SSSR count). The number of rotatable bonds is 5. The third-order valence-corrected chi connectivity index (χ3v) is 4.60. The fourth-order valence-electron chi connectivity index (χ4n) is 3.33. The minimum absolute atomic E-state index is 0.0967. The lowest BCUT2D eigenvalue weighted by atomic mass is 10.0. The zero-order valence-corrected chi connectivity index (χ0v) is 15.6. The fourth-order valence-corrected chi connectivity index (χ4v) is 3.33. The number of carbonyl (C=O) groups excluding carboxylic acids is 1. The molecule has 0 saturated carbocycles. The zero-order chi connectivity index (χ0) is 19.6. The number of carbonyl (C=O) groups is 2. The highest BCUT2D eigenvalue weighted by molar-refractivity contribution is 5.95. The summed E-state index contributed by atoms with van der Waals surface area (Å²) in [5, 5.41) is 12.2. The van der Waals surface area contributed by atoms with Gasteiger partial charge in [-0.1, -0.05) is 30.3 Å². The van der Waals surface area contributed by atoms with E-state index in [1.165, 1.54) is 0 Å². The van der Waals surface area contributed by atoms with Crippen LogP contribution in [0.15, 0.2) is 54.6 Å². The van der Waals surface area contributed by atoms with Crippen LogP contribution in [0.2, 0.25) is 0 Å². The molecule has 0 aliphatic rings. The first-order valence-corrected chi connectivity index (χ1v) is 8.84. The van der Waals surface area contributed by atoms with Gasteiger partial charge in [-0.2, -0.15) is 0 Å². The minimum atomic E-state index is -0.932. The van der Waals surface area contributed by atoms with Crippen LogP contribution in [0.4, 0.5) is 0 Å². The molecule has 138 valence electrons. The van der Waals surface area contributed by atoms with Crippen molar-refractivity contribution in [1.82, 2.24) is 9.88 Å². The minimum Gasteiger partial charge on any atom is -0.478 e. The highest BCUT2D eigenvalue weighted by Gasteiger charge is 2.18. The molecule has 5 nitrogen and oxygen atoms in total. The second kappa shape index (κ2) is 7.50. The van der Waals surface area contributed by atoms with Crippen LogP contribution in [0.1, 0.15) is 39.0 Å². The van der Waals surface area contributed by atoms with Crippen molar-refractivity contribution >= 4 is 11.9 Å². The average Bonchev–Trinajstić information content (AvgIpc) is 2.96. The standard InChI is InChI=1S/C22H22N2O3/c1-4-23-21(25)17-11-9-16(10-12-17)18-7-5-6-8-20(18)24-14(2)13-19(15(24)3)22(26)27/h5-13H,4H2,1-3H3,(H,23,25)(H,26,27). The van der Waals surface area contributed by atoms with Gasteiger partial charge in [-0.15, -0.1) is 0 Å². The van der Waals surface area contributed by atoms with E-state index in [4.69, 9.17) is 0 Å². The molecular weight excluding hydrogens is 340 g/mol. The molecule has 27 heavy (non-hydrogen) atoms. The molecule has 2 aromatic carbocycles. The molecule has 0 unspecified atom stereocenters. The number of carboxylic acid groups (broad SMARTS) is 1. The molecule has 5 heteroatoms. The quantitative estimate of drug-likeness (QED) is 0.714. The zero-order valence-electron chi connectivity index (χ0n) is 15.6. The molecule has 1 amide bonds. The molecule has 0 bridgehead atoms. The second-order valence-corrected chi connectivity index (χ2v) is 6.38. The van der Waals surface area contributed by atoms with Crippen molar-refractivity contribution in [3.8, 4) is 16.8 Å². The molecule has 0 atom stereocenters. The third kappa shape index (κ3) is 3.49. The number of benzene rings is 2. The van der Waals surface area contributed by atoms with Gasteiger partial charge in [0.2, 0.25) is 0 Å². The fraction of sp³-hybridized carbons (Fsp3) is 0.182. The van der Waals surface area contributed by atoms with Crippen LogP contribution in [0, 0.1) is 13.8 Å². The number of carboxylic acids is 1. The molecular formula is C22H22N2O3. The van der Waals surface area contributed by atoms with Crippen LogP contribution in [0.25, 0.3) is 16.8 Å². The summed E-state index contributed by atoms with van der Waals surface area (Å²) in [6.07, 6.45) is 0. The Morgan fingerprint density at radius 2 is 1.70 bits per heavy atom. The summed E-state index contributed by atoms with van der Waals surface area (Å²) >= 11 is 0. The number of para-hydroxylation sites is 1. The number of nitrogens with one attached hydrogen (secondary N) is 1. The van der Waals surface area contributed by atoms with E-state index < -0.39 is 5.97 Å². The van der Waals surface area contributed by atoms with Gasteiger partial charge < -0.3 is 15.0 Å². The summed E-state index contributed by atoms with van der Waals surface area (Å²) in [5.74, 6) is -1.03. The van der Waals surface area contributed by atoms with E-state index in [-0.39, 0.29) is 5.91 Å². The number of hydrogen-bond acceptors (Lipinski definition) is 2. The lowest BCUT2D eigenvalue weighted by Gasteiger charge is -2.15. The molecule has 3 aromatic rings. The third-order valence-electron chi connectivity index (χ3n) is 4.60. The van der Waals surface area contributed by atoms with Crippen LogP contribution in [-0.4, -0.2) is 28.1 Å². The van der Waals surface area contributed by atoms with Crippen LogP contribution in [0.5, 0.6) is 0 Å². The summed E-state index contributed by atoms with van der Waals surface area (Å²) < 4.78 is 1.95. The van der Waals surface area contributed by atoms with E-state index in [1.807, 2.05) is 61.7 Å². The second-order valence-electron chi connectivity index (χ2n) is 6.38. The van der Waals surface area contributed by atoms with Crippen molar-refractivity contribution in [2.24, 2.45) is 0 Å². The lowest BCUT2D eigenvalue weighted by molar-refractivity contribution is 0.0696. The molecule has 0 saturated heterocycles. The Balaban J connectivity index is 2.08. The predicted molar refractivity (Wildman–Crippen MR) is 106 cm³/mol. The van der Waals surface area contributed by atoms with E-state index in [1.54, 1.807) is 18.2 Å². The van der Waals surface area contributed by atoms with Crippen molar-refractivity contribution in [2.75, 3.05) is 6.54 Å². The van der Waals surface area contributed by atoms with Crippen molar-refractivity contribution in [3.63, 3.8) is 0 Å². The molecule has 0 aliphatic heterocycles. The maximum atomic E-state index is 12.0. The average molecular weight is 362 g/mol. The summed E-state index contributed by atoms with van der Waals surface area (Å²) in [7, 11) is 0. The predicted octanol–water partition coefficient (Wildman–Crippen LogP) is 4.21. The molecule has 1 heterocycles. The van der Waals surface area contributed by atoms with Crippen LogP contribution in [-0.2, 0) is 0 Å². The maximum Gasteiger partial charge on any atom is 0.337 e. The van der Waals surface area contributed by atoms with Gasteiger partial charge in [-0.3, -0.25) is 4.79 Å². The Bertz CT molecular complexity index is 1000. The summed E-state index contributed by atoms with van der Waals surface area (Å²) in [6.45, 7) is 6.18. The first-order valence-electron chi connectivity index (χ1n) is 8.84. The maximum absolute atomic E-state index is 12.0. The Kier molecular flexibility index (Phi) is 5.12. The van der Waals surface area contributed by atoms with Crippen LogP contribution in [0.3, 0.4) is 0 Å². The Labute approximate surface area is 158 Å². The summed E-state index contributed by atoms with van der Waals surface area (Å²) in [5.41, 5.74) is 5.30. The highest BCUT2D eigenvalue weighted by atomic mass is 16.4. The molecule has 0 fully saturated rings. The number of aryl methyl sites for hydroxylation is 1. The highest BCUT2D eigenvalue weighted by Crippen LogP contribution is 2.30. The van der Waals surface area contributed by atoms with Crippen molar-refractivity contribution in [2.45, 2.75) is 20.8 Å². The van der Waals surface area contributed by atoms with Crippen LogP contribution < -0.4 is 5.32 Å².